The van der Waals surface area contributed by atoms with Crippen LogP contribution in [0.2, 0.25) is 0 Å². The quantitative estimate of drug-likeness (QED) is 0.410. The molecule has 4 aromatic rings. The summed E-state index contributed by atoms with van der Waals surface area (Å²) in [5, 5.41) is 12.4. The molecule has 1 aliphatic heterocycles. The first kappa shape index (κ1) is 23.5. The number of fused-ring (bicyclic) bond motifs is 2. The van der Waals surface area contributed by atoms with Crippen LogP contribution in [0.15, 0.2) is 53.6 Å². The molecule has 9 nitrogen and oxygen atoms in total. The van der Waals surface area contributed by atoms with E-state index in [2.05, 4.69) is 26.7 Å². The van der Waals surface area contributed by atoms with E-state index >= 15 is 0 Å². The van der Waals surface area contributed by atoms with Crippen LogP contribution in [0.25, 0.3) is 21.9 Å². The first-order valence-corrected chi connectivity index (χ1v) is 13.5. The average Bonchev–Trinajstić information content (AvgIpc) is 3.48. The molecule has 35 heavy (non-hydrogen) atoms. The molecule has 0 bridgehead atoms. The van der Waals surface area contributed by atoms with Gasteiger partial charge in [-0.05, 0) is 62.9 Å². The normalized spacial score (nSPS) is 17.4. The van der Waals surface area contributed by atoms with Crippen LogP contribution in [0.4, 0.5) is 0 Å². The number of amides is 1. The number of piperidine rings is 1. The van der Waals surface area contributed by atoms with Gasteiger partial charge in [0, 0.05) is 42.8 Å². The predicted octanol–water partition coefficient (Wildman–Crippen LogP) is 3.25. The zero-order valence-electron chi connectivity index (χ0n) is 19.9. The zero-order chi connectivity index (χ0) is 24.6. The van der Waals surface area contributed by atoms with Gasteiger partial charge in [0.25, 0.3) is 0 Å². The van der Waals surface area contributed by atoms with Gasteiger partial charge in [-0.15, -0.1) is 5.10 Å². The van der Waals surface area contributed by atoms with Crippen LogP contribution in [0.3, 0.4) is 0 Å². The molecule has 0 aliphatic carbocycles. The summed E-state index contributed by atoms with van der Waals surface area (Å²) in [7, 11) is -3.74. The van der Waals surface area contributed by atoms with Crippen LogP contribution in [-0.2, 0) is 21.2 Å². The molecule has 184 valence electrons. The lowest BCUT2D eigenvalue weighted by molar-refractivity contribution is -0.126. The number of aromatic amines is 1. The van der Waals surface area contributed by atoms with Crippen LogP contribution in [0.1, 0.15) is 38.3 Å². The topological polar surface area (TPSA) is 113 Å². The fourth-order valence-corrected chi connectivity index (χ4v) is 6.33. The number of carbonyl (C=O) groups excluding carboxylic acids is 1. The number of rotatable bonds is 7. The molecule has 2 aromatic carbocycles. The number of carbonyl (C=O) groups is 1. The van der Waals surface area contributed by atoms with Crippen LogP contribution in [0, 0.1) is 5.92 Å². The highest BCUT2D eigenvalue weighted by atomic mass is 32.2. The van der Waals surface area contributed by atoms with E-state index in [-0.39, 0.29) is 29.3 Å². The van der Waals surface area contributed by atoms with Crippen molar-refractivity contribution in [2.24, 2.45) is 5.92 Å². The van der Waals surface area contributed by atoms with Crippen LogP contribution >= 0.6 is 0 Å². The Kier molecular flexibility index (Phi) is 6.33. The Hall–Kier alpha value is -3.24. The summed E-state index contributed by atoms with van der Waals surface area (Å²) in [5.41, 5.74) is 3.57. The third-order valence-electron chi connectivity index (χ3n) is 6.69. The summed E-state index contributed by atoms with van der Waals surface area (Å²) < 4.78 is 29.9. The van der Waals surface area contributed by atoms with Crippen molar-refractivity contribution in [3.63, 3.8) is 0 Å². The summed E-state index contributed by atoms with van der Waals surface area (Å²) in [5.74, 6) is -0.466. The van der Waals surface area contributed by atoms with Gasteiger partial charge < -0.3 is 10.3 Å². The van der Waals surface area contributed by atoms with Gasteiger partial charge in [0.1, 0.15) is 5.52 Å². The summed E-state index contributed by atoms with van der Waals surface area (Å²) >= 11 is 0. The average molecular weight is 495 g/mol. The van der Waals surface area contributed by atoms with Crippen LogP contribution < -0.4 is 5.32 Å². The van der Waals surface area contributed by atoms with Crippen molar-refractivity contribution in [2.45, 2.75) is 44.0 Å². The fourth-order valence-electron chi connectivity index (χ4n) is 4.79. The van der Waals surface area contributed by atoms with E-state index in [0.717, 1.165) is 22.0 Å². The second kappa shape index (κ2) is 9.43. The lowest BCUT2D eigenvalue weighted by atomic mass is 9.99. The predicted molar refractivity (Wildman–Crippen MR) is 134 cm³/mol. The molecule has 5 rings (SSSR count). The van der Waals surface area contributed by atoms with Crippen molar-refractivity contribution >= 4 is 37.9 Å². The number of benzene rings is 2. The van der Waals surface area contributed by atoms with Gasteiger partial charge in [-0.25, -0.2) is 13.1 Å². The van der Waals surface area contributed by atoms with Crippen molar-refractivity contribution in [3.05, 3.63) is 54.2 Å². The molecule has 1 amide bonds. The highest BCUT2D eigenvalue weighted by Gasteiger charge is 2.33. The summed E-state index contributed by atoms with van der Waals surface area (Å²) in [4.78, 5) is 16.3. The van der Waals surface area contributed by atoms with E-state index < -0.39 is 10.0 Å². The van der Waals surface area contributed by atoms with E-state index in [1.807, 2.05) is 38.2 Å². The van der Waals surface area contributed by atoms with E-state index in [0.29, 0.717) is 37.9 Å². The summed E-state index contributed by atoms with van der Waals surface area (Å²) in [6.45, 7) is 5.08. The van der Waals surface area contributed by atoms with Gasteiger partial charge in [0.2, 0.25) is 15.9 Å². The number of nitrogens with one attached hydrogen (secondary N) is 2. The molecule has 0 radical (unpaired) electrons. The maximum Gasteiger partial charge on any atom is 0.243 e. The Balaban J connectivity index is 1.24. The fraction of sp³-hybridized carbons (Fsp3) is 0.400. The number of hydrogen-bond acceptors (Lipinski definition) is 5. The Morgan fingerprint density at radius 1 is 1.23 bits per heavy atom. The molecule has 1 aliphatic rings. The number of H-pyrrole nitrogens is 1. The Morgan fingerprint density at radius 3 is 2.89 bits per heavy atom. The molecule has 2 N–H and O–H groups in total. The number of aromatic nitrogens is 4. The molecule has 2 aromatic heterocycles. The number of para-hydroxylation sites is 1. The van der Waals surface area contributed by atoms with Gasteiger partial charge in [0.15, 0.2) is 0 Å². The monoisotopic (exact) mass is 494 g/mol. The highest BCUT2D eigenvalue weighted by Crippen LogP contribution is 2.26. The first-order valence-electron chi connectivity index (χ1n) is 12.0. The smallest absolute Gasteiger partial charge is 0.243 e. The summed E-state index contributed by atoms with van der Waals surface area (Å²) in [6, 6.07) is 13.1. The van der Waals surface area contributed by atoms with E-state index in [4.69, 9.17) is 0 Å². The van der Waals surface area contributed by atoms with E-state index in [9.17, 15) is 13.2 Å². The molecule has 1 atom stereocenters. The zero-order valence-corrected chi connectivity index (χ0v) is 20.8. The molecule has 1 unspecified atom stereocenters. The van der Waals surface area contributed by atoms with Gasteiger partial charge in [-0.3, -0.25) is 4.79 Å². The molecule has 0 spiro atoms. The first-order chi connectivity index (χ1) is 16.8. The lowest BCUT2D eigenvalue weighted by Gasteiger charge is -2.31. The van der Waals surface area contributed by atoms with Crippen molar-refractivity contribution in [1.82, 2.24) is 29.6 Å². The molecular formula is C25H30N6O3S. The lowest BCUT2D eigenvalue weighted by Crippen LogP contribution is -2.45. The third kappa shape index (κ3) is 4.55. The SMILES string of the molecule is CC(C)n1nnc2cc(S(=O)(=O)N3CCCC(C(=O)NCCc4c[nH]c5ccccc45)C3)ccc21. The van der Waals surface area contributed by atoms with Crippen molar-refractivity contribution in [1.29, 1.82) is 0 Å². The molecule has 1 saturated heterocycles. The minimum absolute atomic E-state index is 0.0972. The highest BCUT2D eigenvalue weighted by molar-refractivity contribution is 7.89. The second-order valence-electron chi connectivity index (χ2n) is 9.38. The third-order valence-corrected chi connectivity index (χ3v) is 8.55. The van der Waals surface area contributed by atoms with Gasteiger partial charge in [-0.2, -0.15) is 4.31 Å². The van der Waals surface area contributed by atoms with Crippen molar-refractivity contribution in [2.75, 3.05) is 19.6 Å². The van der Waals surface area contributed by atoms with Crippen LogP contribution in [0.5, 0.6) is 0 Å². The van der Waals surface area contributed by atoms with Gasteiger partial charge in [-0.1, -0.05) is 23.4 Å². The maximum absolute atomic E-state index is 13.4. The molecule has 10 heteroatoms. The molecule has 0 saturated carbocycles. The Labute approximate surface area is 204 Å². The van der Waals surface area contributed by atoms with E-state index in [1.165, 1.54) is 4.31 Å². The maximum atomic E-state index is 13.4. The minimum atomic E-state index is -3.74. The van der Waals surface area contributed by atoms with E-state index in [1.54, 1.807) is 22.9 Å². The number of sulfonamides is 1. The number of nitrogens with zero attached hydrogens (tertiary/aromatic N) is 4. The molecule has 1 fully saturated rings. The Morgan fingerprint density at radius 2 is 2.06 bits per heavy atom. The summed E-state index contributed by atoms with van der Waals surface area (Å²) in [6.07, 6.45) is 4.00. The largest absolute Gasteiger partial charge is 0.361 e. The Bertz CT molecular complexity index is 1470. The minimum Gasteiger partial charge on any atom is -0.361 e. The van der Waals surface area contributed by atoms with Gasteiger partial charge in [0.05, 0.1) is 16.3 Å². The van der Waals surface area contributed by atoms with Crippen LogP contribution in [-0.4, -0.2) is 58.2 Å². The molecule has 3 heterocycles. The van der Waals surface area contributed by atoms with Crippen molar-refractivity contribution in [3.8, 4) is 0 Å². The van der Waals surface area contributed by atoms with Gasteiger partial charge >= 0.3 is 0 Å². The second-order valence-corrected chi connectivity index (χ2v) is 11.3. The number of hydrogen-bond donors (Lipinski definition) is 2. The van der Waals surface area contributed by atoms with Crippen molar-refractivity contribution < 1.29 is 13.2 Å². The standard InChI is InChI=1S/C25H30N6O3S/c1-17(2)31-24-10-9-20(14-23(24)28-29-31)35(33,34)30-13-5-6-19(16-30)25(32)26-12-11-18-15-27-22-8-4-3-7-21(18)22/h3-4,7-10,14-15,17,19,27H,5-6,11-13,16H2,1-2H3,(H,26,32). The molecular weight excluding hydrogens is 464 g/mol.